The number of hydrogen-bond donors (Lipinski definition) is 2. The Kier molecular flexibility index (Phi) is 6.63. The third kappa shape index (κ3) is 5.81. The molecule has 12 heteroatoms. The van der Waals surface area contributed by atoms with E-state index in [1.807, 2.05) is 6.07 Å². The fourth-order valence-electron chi connectivity index (χ4n) is 2.92. The number of rotatable bonds is 7. The minimum atomic E-state index is -4.75. The number of nitro groups is 1. The number of esters is 1. The minimum absolute atomic E-state index is 0.307. The van der Waals surface area contributed by atoms with Crippen LogP contribution in [0, 0.1) is 21.4 Å². The number of hydrogen-bond acceptors (Lipinski definition) is 7. The van der Waals surface area contributed by atoms with Crippen molar-refractivity contribution >= 4 is 23.3 Å². The van der Waals surface area contributed by atoms with Crippen molar-refractivity contribution in [1.82, 2.24) is 5.32 Å². The summed E-state index contributed by atoms with van der Waals surface area (Å²) in [5.41, 5.74) is -3.34. The quantitative estimate of drug-likeness (QED) is 0.398. The first-order valence-electron chi connectivity index (χ1n) is 8.54. The first-order valence-corrected chi connectivity index (χ1v) is 8.54. The fraction of sp³-hybridized carbons (Fsp3) is 0.471. The van der Waals surface area contributed by atoms with Crippen molar-refractivity contribution < 1.29 is 32.4 Å². The molecule has 1 aromatic rings. The van der Waals surface area contributed by atoms with E-state index in [-0.39, 0.29) is 5.69 Å². The van der Waals surface area contributed by atoms with Gasteiger partial charge in [-0.25, -0.2) is 0 Å². The average molecular weight is 414 g/mol. The molecule has 0 heterocycles. The van der Waals surface area contributed by atoms with Gasteiger partial charge < -0.3 is 15.4 Å². The zero-order valence-corrected chi connectivity index (χ0v) is 15.0. The van der Waals surface area contributed by atoms with Crippen molar-refractivity contribution in [2.24, 2.45) is 0 Å². The number of carbonyl (C=O) groups is 2. The van der Waals surface area contributed by atoms with Crippen LogP contribution >= 0.6 is 0 Å². The highest BCUT2D eigenvalue weighted by molar-refractivity contribution is 5.83. The molecule has 0 spiro atoms. The van der Waals surface area contributed by atoms with Crippen molar-refractivity contribution in [3.8, 4) is 6.07 Å². The molecule has 9 nitrogen and oxygen atoms in total. The van der Waals surface area contributed by atoms with Gasteiger partial charge in [0, 0.05) is 6.07 Å². The van der Waals surface area contributed by atoms with Gasteiger partial charge in [0.2, 0.25) is 0 Å². The molecule has 0 bridgehead atoms. The standard InChI is InChI=1S/C17H17F3N4O5/c18-17(19,20)11-3-4-12(13(7-11)24(27)28)22-8-15(26)29-9-14(25)23-16(10-21)5-1-2-6-16/h3-4,7,22H,1-2,5-6,8-9H2,(H,23,25). The molecule has 1 aliphatic carbocycles. The number of alkyl halides is 3. The van der Waals surface area contributed by atoms with Crippen molar-refractivity contribution in [1.29, 1.82) is 5.26 Å². The van der Waals surface area contributed by atoms with Crippen LogP contribution in [0.4, 0.5) is 24.5 Å². The maximum atomic E-state index is 12.7. The molecule has 1 aromatic carbocycles. The van der Waals surface area contributed by atoms with Gasteiger partial charge in [0.15, 0.2) is 6.61 Å². The van der Waals surface area contributed by atoms with Gasteiger partial charge >= 0.3 is 12.1 Å². The highest BCUT2D eigenvalue weighted by Gasteiger charge is 2.35. The molecule has 1 aliphatic rings. The van der Waals surface area contributed by atoms with E-state index in [1.54, 1.807) is 0 Å². The van der Waals surface area contributed by atoms with Crippen LogP contribution in [0.3, 0.4) is 0 Å². The van der Waals surface area contributed by atoms with E-state index >= 15 is 0 Å². The number of benzene rings is 1. The summed E-state index contributed by atoms with van der Waals surface area (Å²) in [5, 5.41) is 25.0. The van der Waals surface area contributed by atoms with Crippen LogP contribution in [-0.4, -0.2) is 35.5 Å². The van der Waals surface area contributed by atoms with Crippen molar-refractivity contribution in [3.63, 3.8) is 0 Å². The topological polar surface area (TPSA) is 134 Å². The van der Waals surface area contributed by atoms with Crippen molar-refractivity contribution in [3.05, 3.63) is 33.9 Å². The Morgan fingerprint density at radius 2 is 1.97 bits per heavy atom. The van der Waals surface area contributed by atoms with Crippen LogP contribution in [0.2, 0.25) is 0 Å². The molecule has 1 fully saturated rings. The second kappa shape index (κ2) is 8.76. The lowest BCUT2D eigenvalue weighted by Gasteiger charge is -2.21. The zero-order valence-electron chi connectivity index (χ0n) is 15.0. The van der Waals surface area contributed by atoms with E-state index in [1.165, 1.54) is 0 Å². The van der Waals surface area contributed by atoms with Gasteiger partial charge in [-0.3, -0.25) is 19.7 Å². The molecular weight excluding hydrogens is 397 g/mol. The van der Waals surface area contributed by atoms with Crippen LogP contribution in [0.15, 0.2) is 18.2 Å². The first-order chi connectivity index (χ1) is 13.6. The Hall–Kier alpha value is -3.36. The normalized spacial score (nSPS) is 15.2. The molecule has 1 amide bonds. The zero-order chi connectivity index (χ0) is 21.7. The Bertz CT molecular complexity index is 844. The summed E-state index contributed by atoms with van der Waals surface area (Å²) in [6, 6.07) is 3.86. The van der Waals surface area contributed by atoms with Gasteiger partial charge in [-0.2, -0.15) is 18.4 Å². The highest BCUT2D eigenvalue weighted by atomic mass is 19.4. The van der Waals surface area contributed by atoms with E-state index < -0.39 is 52.9 Å². The van der Waals surface area contributed by atoms with Gasteiger partial charge in [0.05, 0.1) is 16.6 Å². The van der Waals surface area contributed by atoms with E-state index in [0.29, 0.717) is 25.0 Å². The summed E-state index contributed by atoms with van der Waals surface area (Å²) in [5.74, 6) is -1.62. The number of ether oxygens (including phenoxy) is 1. The largest absolute Gasteiger partial charge is 0.454 e. The van der Waals surface area contributed by atoms with Crippen LogP contribution in [0.1, 0.15) is 31.2 Å². The second-order valence-corrected chi connectivity index (χ2v) is 6.45. The molecular formula is C17H17F3N4O5. The summed E-state index contributed by atoms with van der Waals surface area (Å²) in [7, 11) is 0. The van der Waals surface area contributed by atoms with Gasteiger partial charge in [-0.15, -0.1) is 0 Å². The molecule has 2 N–H and O–H groups in total. The Balaban J connectivity index is 1.90. The number of amides is 1. The smallest absolute Gasteiger partial charge is 0.416 e. The van der Waals surface area contributed by atoms with Crippen molar-refractivity contribution in [2.75, 3.05) is 18.5 Å². The fourth-order valence-corrected chi connectivity index (χ4v) is 2.92. The minimum Gasteiger partial charge on any atom is -0.454 e. The van der Waals surface area contributed by atoms with Gasteiger partial charge in [0.1, 0.15) is 17.8 Å². The SMILES string of the molecule is N#CC1(NC(=O)COC(=O)CNc2ccc(C(F)(F)F)cc2[N+](=O)[O-])CCCC1. The number of nitrogens with one attached hydrogen (secondary N) is 2. The molecule has 0 radical (unpaired) electrons. The van der Waals surface area contributed by atoms with Crippen molar-refractivity contribution in [2.45, 2.75) is 37.4 Å². The van der Waals surface area contributed by atoms with E-state index in [4.69, 9.17) is 4.74 Å². The van der Waals surface area contributed by atoms with Gasteiger partial charge in [-0.1, -0.05) is 0 Å². The molecule has 0 atom stereocenters. The maximum absolute atomic E-state index is 12.7. The predicted molar refractivity (Wildman–Crippen MR) is 92.5 cm³/mol. The lowest BCUT2D eigenvalue weighted by atomic mass is 10.00. The lowest BCUT2D eigenvalue weighted by molar-refractivity contribution is -0.384. The highest BCUT2D eigenvalue weighted by Crippen LogP contribution is 2.35. The number of nitrogens with zero attached hydrogens (tertiary/aromatic N) is 2. The van der Waals surface area contributed by atoms with Crippen LogP contribution in [0.5, 0.6) is 0 Å². The monoisotopic (exact) mass is 414 g/mol. The van der Waals surface area contributed by atoms with E-state index in [2.05, 4.69) is 10.6 Å². The Morgan fingerprint density at radius 1 is 1.31 bits per heavy atom. The maximum Gasteiger partial charge on any atom is 0.416 e. The lowest BCUT2D eigenvalue weighted by Crippen LogP contribution is -2.46. The third-order valence-electron chi connectivity index (χ3n) is 4.36. The molecule has 156 valence electrons. The average Bonchev–Trinajstić information content (AvgIpc) is 3.12. The Morgan fingerprint density at radius 3 is 2.52 bits per heavy atom. The molecule has 29 heavy (non-hydrogen) atoms. The second-order valence-electron chi connectivity index (χ2n) is 6.45. The van der Waals surface area contributed by atoms with Crippen LogP contribution < -0.4 is 10.6 Å². The van der Waals surface area contributed by atoms with E-state index in [9.17, 15) is 38.1 Å². The summed E-state index contributed by atoms with van der Waals surface area (Å²) >= 11 is 0. The predicted octanol–water partition coefficient (Wildman–Crippen LogP) is 2.52. The number of anilines is 1. The Labute approximate surface area is 163 Å². The van der Waals surface area contributed by atoms with Gasteiger partial charge in [0.25, 0.3) is 11.6 Å². The summed E-state index contributed by atoms with van der Waals surface area (Å²) in [4.78, 5) is 33.6. The van der Waals surface area contributed by atoms with Crippen LogP contribution in [-0.2, 0) is 20.5 Å². The number of halogens is 3. The van der Waals surface area contributed by atoms with E-state index in [0.717, 1.165) is 18.9 Å². The molecule has 0 aliphatic heterocycles. The molecule has 0 saturated heterocycles. The number of nitriles is 1. The van der Waals surface area contributed by atoms with Gasteiger partial charge in [-0.05, 0) is 37.8 Å². The summed E-state index contributed by atoms with van der Waals surface area (Å²) in [6.45, 7) is -1.26. The summed E-state index contributed by atoms with van der Waals surface area (Å²) < 4.78 is 42.8. The third-order valence-corrected chi connectivity index (χ3v) is 4.36. The molecule has 0 unspecified atom stereocenters. The molecule has 1 saturated carbocycles. The molecule has 2 rings (SSSR count). The van der Waals surface area contributed by atoms with Crippen LogP contribution in [0.25, 0.3) is 0 Å². The number of carbonyl (C=O) groups excluding carboxylic acids is 2. The number of nitro benzene ring substituents is 1. The first kappa shape index (κ1) is 21.9. The molecule has 0 aromatic heterocycles. The summed E-state index contributed by atoms with van der Waals surface area (Å²) in [6.07, 6.45) is -2.16.